The Morgan fingerprint density at radius 1 is 1.11 bits per heavy atom. The van der Waals surface area contributed by atoms with Crippen molar-refractivity contribution in [3.05, 3.63) is 54.6 Å². The van der Waals surface area contributed by atoms with Crippen LogP contribution in [-0.4, -0.2) is 45.0 Å². The summed E-state index contributed by atoms with van der Waals surface area (Å²) in [5.41, 5.74) is 5.13. The predicted molar refractivity (Wildman–Crippen MR) is 108 cm³/mol. The first-order chi connectivity index (χ1) is 13.2. The highest BCUT2D eigenvalue weighted by Gasteiger charge is 2.16. The number of anilines is 1. The topological polar surface area (TPSA) is 58.4 Å². The number of hydrogen-bond donors (Lipinski definition) is 1. The smallest absolute Gasteiger partial charge is 0.161 e. The predicted octanol–water partition coefficient (Wildman–Crippen LogP) is 3.05. The lowest BCUT2D eigenvalue weighted by Crippen LogP contribution is -2.49. The van der Waals surface area contributed by atoms with Gasteiger partial charge < -0.3 is 14.6 Å². The summed E-state index contributed by atoms with van der Waals surface area (Å²) in [6.45, 7) is 7.29. The summed E-state index contributed by atoms with van der Waals surface area (Å²) in [4.78, 5) is 16.3. The molecule has 0 radical (unpaired) electrons. The lowest BCUT2D eigenvalue weighted by molar-refractivity contribution is 0.485. The van der Waals surface area contributed by atoms with Crippen molar-refractivity contribution in [2.75, 3.05) is 24.5 Å². The molecule has 1 aliphatic rings. The maximum Gasteiger partial charge on any atom is 0.161 e. The lowest BCUT2D eigenvalue weighted by Gasteiger charge is -2.33. The van der Waals surface area contributed by atoms with Crippen LogP contribution in [0.1, 0.15) is 12.6 Å². The summed E-state index contributed by atoms with van der Waals surface area (Å²) < 4.78 is 2.02. The van der Waals surface area contributed by atoms with Gasteiger partial charge in [0.2, 0.25) is 0 Å². The van der Waals surface area contributed by atoms with Gasteiger partial charge in [-0.15, -0.1) is 0 Å². The zero-order valence-corrected chi connectivity index (χ0v) is 15.6. The van der Waals surface area contributed by atoms with Gasteiger partial charge >= 0.3 is 0 Å². The van der Waals surface area contributed by atoms with E-state index in [-0.39, 0.29) is 0 Å². The van der Waals surface area contributed by atoms with Crippen LogP contribution in [0.3, 0.4) is 0 Å². The van der Waals surface area contributed by atoms with Crippen molar-refractivity contribution < 1.29 is 0 Å². The Morgan fingerprint density at radius 2 is 2.04 bits per heavy atom. The number of aromatic nitrogens is 4. The Balaban J connectivity index is 1.50. The molecule has 27 heavy (non-hydrogen) atoms. The summed E-state index contributed by atoms with van der Waals surface area (Å²) in [6, 6.07) is 11.0. The molecule has 1 saturated heterocycles. The van der Waals surface area contributed by atoms with Gasteiger partial charge in [-0.3, -0.25) is 0 Å². The zero-order chi connectivity index (χ0) is 18.4. The maximum absolute atomic E-state index is 4.78. The third kappa shape index (κ3) is 3.02. The first-order valence-corrected chi connectivity index (χ1v) is 9.36. The maximum atomic E-state index is 4.78. The highest BCUT2D eigenvalue weighted by atomic mass is 15.2. The number of piperazine rings is 1. The number of nitrogens with zero attached hydrogens (tertiary/aromatic N) is 5. The Hall–Kier alpha value is -2.99. The van der Waals surface area contributed by atoms with Crippen molar-refractivity contribution in [1.29, 1.82) is 0 Å². The normalized spacial score (nSPS) is 17.7. The number of rotatable bonds is 2. The molecule has 1 aromatic carbocycles. The highest BCUT2D eigenvalue weighted by Crippen LogP contribution is 2.24. The van der Waals surface area contributed by atoms with Crippen molar-refractivity contribution >= 4 is 22.2 Å². The molecule has 0 aliphatic carbocycles. The second kappa shape index (κ2) is 6.32. The standard InChI is InChI=1S/C21H22N6/c1-14-11-26(8-7-22-14)18-4-5-19-17(9-18)10-23-21(25-19)16-3-6-20-24-15(2)12-27(20)13-16/h3-6,9-10,12-14,22H,7-8,11H2,1-2H3. The van der Waals surface area contributed by atoms with Crippen molar-refractivity contribution in [3.8, 4) is 11.4 Å². The number of imidazole rings is 1. The van der Waals surface area contributed by atoms with Crippen LogP contribution in [0.15, 0.2) is 48.9 Å². The Kier molecular flexibility index (Phi) is 3.79. The minimum absolute atomic E-state index is 0.509. The fourth-order valence-electron chi connectivity index (χ4n) is 3.77. The summed E-state index contributed by atoms with van der Waals surface area (Å²) in [5, 5.41) is 4.56. The van der Waals surface area contributed by atoms with Gasteiger partial charge in [0.1, 0.15) is 5.65 Å². The number of nitrogens with one attached hydrogen (secondary N) is 1. The van der Waals surface area contributed by atoms with E-state index >= 15 is 0 Å². The van der Waals surface area contributed by atoms with Gasteiger partial charge in [0.15, 0.2) is 5.82 Å². The van der Waals surface area contributed by atoms with Crippen molar-refractivity contribution in [3.63, 3.8) is 0 Å². The molecular weight excluding hydrogens is 336 g/mol. The average molecular weight is 358 g/mol. The van der Waals surface area contributed by atoms with Gasteiger partial charge in [0, 0.05) is 60.9 Å². The van der Waals surface area contributed by atoms with Gasteiger partial charge in [0.05, 0.1) is 11.2 Å². The van der Waals surface area contributed by atoms with E-state index in [2.05, 4.69) is 45.3 Å². The van der Waals surface area contributed by atoms with Gasteiger partial charge in [-0.1, -0.05) is 0 Å². The summed E-state index contributed by atoms with van der Waals surface area (Å²) in [5.74, 6) is 0.735. The van der Waals surface area contributed by atoms with Crippen LogP contribution >= 0.6 is 0 Å². The molecule has 0 spiro atoms. The molecule has 5 rings (SSSR count). The zero-order valence-electron chi connectivity index (χ0n) is 15.6. The van der Waals surface area contributed by atoms with Crippen LogP contribution in [0.2, 0.25) is 0 Å². The van der Waals surface area contributed by atoms with Crippen molar-refractivity contribution in [2.45, 2.75) is 19.9 Å². The Bertz CT molecular complexity index is 1130. The molecule has 4 aromatic rings. The molecule has 0 bridgehead atoms. The van der Waals surface area contributed by atoms with E-state index in [4.69, 9.17) is 4.98 Å². The van der Waals surface area contributed by atoms with Crippen LogP contribution in [0.25, 0.3) is 27.9 Å². The average Bonchev–Trinajstić information content (AvgIpc) is 3.06. The second-order valence-corrected chi connectivity index (χ2v) is 7.30. The van der Waals surface area contributed by atoms with Crippen LogP contribution in [-0.2, 0) is 0 Å². The largest absolute Gasteiger partial charge is 0.369 e. The van der Waals surface area contributed by atoms with E-state index in [1.54, 1.807) is 0 Å². The third-order valence-electron chi connectivity index (χ3n) is 5.13. The number of benzene rings is 1. The van der Waals surface area contributed by atoms with Gasteiger partial charge in [-0.2, -0.15) is 0 Å². The van der Waals surface area contributed by atoms with E-state index in [0.29, 0.717) is 6.04 Å². The quantitative estimate of drug-likeness (QED) is 0.597. The molecule has 1 fully saturated rings. The highest BCUT2D eigenvalue weighted by molar-refractivity contribution is 5.83. The minimum atomic E-state index is 0.509. The first-order valence-electron chi connectivity index (χ1n) is 9.36. The molecule has 6 nitrogen and oxygen atoms in total. The third-order valence-corrected chi connectivity index (χ3v) is 5.13. The fraction of sp³-hybridized carbons (Fsp3) is 0.286. The molecule has 6 heteroatoms. The molecule has 1 unspecified atom stereocenters. The summed E-state index contributed by atoms with van der Waals surface area (Å²) >= 11 is 0. The SMILES string of the molecule is Cc1cn2cc(-c3ncc4cc(N5CCNC(C)C5)ccc4n3)ccc2n1. The number of aryl methyl sites for hydroxylation is 1. The Morgan fingerprint density at radius 3 is 2.93 bits per heavy atom. The second-order valence-electron chi connectivity index (χ2n) is 7.30. The van der Waals surface area contributed by atoms with E-state index in [1.807, 2.05) is 42.0 Å². The molecular formula is C21H22N6. The van der Waals surface area contributed by atoms with E-state index in [0.717, 1.165) is 53.3 Å². The van der Waals surface area contributed by atoms with Crippen molar-refractivity contribution in [2.24, 2.45) is 0 Å². The Labute approximate surface area is 157 Å². The lowest BCUT2D eigenvalue weighted by atomic mass is 10.1. The monoisotopic (exact) mass is 358 g/mol. The molecule has 136 valence electrons. The number of pyridine rings is 1. The van der Waals surface area contributed by atoms with Crippen LogP contribution in [0.4, 0.5) is 5.69 Å². The fourth-order valence-corrected chi connectivity index (χ4v) is 3.77. The molecule has 0 saturated carbocycles. The van der Waals surface area contributed by atoms with Gasteiger partial charge in [0.25, 0.3) is 0 Å². The molecule has 1 atom stereocenters. The minimum Gasteiger partial charge on any atom is -0.369 e. The number of fused-ring (bicyclic) bond motifs is 2. The van der Waals surface area contributed by atoms with Crippen LogP contribution in [0.5, 0.6) is 0 Å². The van der Waals surface area contributed by atoms with E-state index in [9.17, 15) is 0 Å². The van der Waals surface area contributed by atoms with Gasteiger partial charge in [-0.05, 0) is 44.2 Å². The van der Waals surface area contributed by atoms with E-state index in [1.165, 1.54) is 5.69 Å². The molecule has 1 aliphatic heterocycles. The van der Waals surface area contributed by atoms with Gasteiger partial charge in [-0.25, -0.2) is 15.0 Å². The van der Waals surface area contributed by atoms with Crippen LogP contribution < -0.4 is 10.2 Å². The molecule has 4 heterocycles. The molecule has 1 N–H and O–H groups in total. The summed E-state index contributed by atoms with van der Waals surface area (Å²) in [6.07, 6.45) is 5.98. The van der Waals surface area contributed by atoms with Crippen LogP contribution in [0, 0.1) is 6.92 Å². The molecule has 3 aromatic heterocycles. The van der Waals surface area contributed by atoms with E-state index < -0.39 is 0 Å². The number of hydrogen-bond acceptors (Lipinski definition) is 5. The first kappa shape index (κ1) is 16.2. The van der Waals surface area contributed by atoms with Crippen molar-refractivity contribution in [1.82, 2.24) is 24.7 Å². The molecule has 0 amide bonds. The summed E-state index contributed by atoms with van der Waals surface area (Å²) in [7, 11) is 0.